The monoisotopic (exact) mass is 196 g/mol. The van der Waals surface area contributed by atoms with E-state index in [-0.39, 0.29) is 115 Å². The van der Waals surface area contributed by atoms with Crippen LogP contribution in [0, 0.1) is 0 Å². The minimum atomic E-state index is 0. The first kappa shape index (κ1) is 38.3. The Bertz CT molecular complexity index is 3.61. The maximum atomic E-state index is 0. The predicted molar refractivity (Wildman–Crippen MR) is 28.8 cm³/mol. The molecule has 0 spiro atoms. The maximum absolute atomic E-state index is 0. The van der Waals surface area contributed by atoms with Gasteiger partial charge in [0.15, 0.2) is 0 Å². The molecule has 0 aliphatic heterocycles. The van der Waals surface area contributed by atoms with Crippen LogP contribution in [0.2, 0.25) is 0 Å². The molecule has 14 valence electrons. The summed E-state index contributed by atoms with van der Waals surface area (Å²) in [7, 11) is 0. The van der Waals surface area contributed by atoms with E-state index >= 15 is 0 Å². The summed E-state index contributed by atoms with van der Waals surface area (Å²) >= 11 is 0. The molecule has 0 aliphatic carbocycles. The molecule has 0 saturated carbocycles. The zero-order chi connectivity index (χ0) is 0. The Hall–Kier alpha value is 3.61. The summed E-state index contributed by atoms with van der Waals surface area (Å²) in [6, 6.07) is 0. The van der Waals surface area contributed by atoms with Crippen LogP contribution in [-0.2, 0) is 0 Å². The summed E-state index contributed by atoms with van der Waals surface area (Å²) in [4.78, 5) is 0. The van der Waals surface area contributed by atoms with Gasteiger partial charge in [0.05, 0.1) is 0 Å². The number of hydrogen-bond acceptors (Lipinski definition) is 0. The van der Waals surface area contributed by atoms with Crippen molar-refractivity contribution in [3.8, 4) is 0 Å². The molecule has 0 heterocycles. The van der Waals surface area contributed by atoms with Crippen LogP contribution < -0.4 is 0 Å². The van der Waals surface area contributed by atoms with Gasteiger partial charge in [0.1, 0.15) is 0 Å². The molecule has 0 amide bonds. The van der Waals surface area contributed by atoms with E-state index in [1.807, 2.05) is 0 Å². The van der Waals surface area contributed by atoms with Crippen molar-refractivity contribution >= 4 is 115 Å². The van der Waals surface area contributed by atoms with Crippen molar-refractivity contribution < 1.29 is 0 Å². The third kappa shape index (κ3) is 18.4. The molecule has 0 aromatic carbocycles. The van der Waals surface area contributed by atoms with Crippen molar-refractivity contribution in [3.63, 3.8) is 0 Å². The van der Waals surface area contributed by atoms with Crippen LogP contribution in [-0.4, -0.2) is 115 Å². The summed E-state index contributed by atoms with van der Waals surface area (Å²) in [6.45, 7) is 0. The molecule has 0 aromatic heterocycles. The third-order valence-corrected chi connectivity index (χ3v) is 0. The van der Waals surface area contributed by atoms with Gasteiger partial charge in [-0.15, -0.1) is 0 Å². The molecule has 0 unspecified atom stereocenters. The van der Waals surface area contributed by atoms with Crippen LogP contribution in [0.4, 0.5) is 0 Å². The van der Waals surface area contributed by atoms with E-state index in [1.54, 1.807) is 0 Å². The van der Waals surface area contributed by atoms with Gasteiger partial charge in [-0.25, -0.2) is 0 Å². The van der Waals surface area contributed by atoms with Gasteiger partial charge in [0, 0.05) is 115 Å². The fourth-order valence-electron chi connectivity index (χ4n) is 0. The molecule has 0 N–H and O–H groups in total. The fraction of sp³-hybridized carbons (Fsp3) is 0. The molecule has 0 nitrogen and oxygen atoms in total. The van der Waals surface area contributed by atoms with Crippen molar-refractivity contribution in [2.24, 2.45) is 0 Å². The Morgan fingerprint density at radius 3 is 0.400 bits per heavy atom. The molecular weight excluding hydrogens is 196 g/mol. The van der Waals surface area contributed by atoms with E-state index in [4.69, 9.17) is 0 Å². The quantitative estimate of drug-likeness (QED) is 0.396. The van der Waals surface area contributed by atoms with Gasteiger partial charge in [0.25, 0.3) is 0 Å². The largest absolute Gasteiger partial charge is 0 e. The van der Waals surface area contributed by atoms with E-state index < -0.39 is 0 Å². The number of rotatable bonds is 0. The van der Waals surface area contributed by atoms with Crippen molar-refractivity contribution in [2.45, 2.75) is 0 Å². The van der Waals surface area contributed by atoms with Crippen LogP contribution in [0.25, 0.3) is 0 Å². The average molecular weight is 196 g/mol. The van der Waals surface area contributed by atoms with Crippen LogP contribution in [0.15, 0.2) is 0 Å². The molecule has 0 fully saturated rings. The summed E-state index contributed by atoms with van der Waals surface area (Å²) in [5.74, 6) is 0. The van der Waals surface area contributed by atoms with Gasteiger partial charge in [-0.3, -0.25) is 0 Å². The van der Waals surface area contributed by atoms with E-state index in [2.05, 4.69) is 0 Å². The summed E-state index contributed by atoms with van der Waals surface area (Å²) < 4.78 is 0. The molecule has 5 heavy (non-hydrogen) atoms. The summed E-state index contributed by atoms with van der Waals surface area (Å²) in [5.41, 5.74) is 0. The fourth-order valence-corrected chi connectivity index (χ4v) is 0. The average Bonchev–Trinajstić information content (AvgIpc) is 0. The van der Waals surface area contributed by atoms with E-state index in [1.165, 1.54) is 0 Å². The van der Waals surface area contributed by atoms with Crippen molar-refractivity contribution in [3.05, 3.63) is 0 Å². The first-order valence-electron chi connectivity index (χ1n) is 0. The van der Waals surface area contributed by atoms with Gasteiger partial charge >= 0.3 is 0 Å². The summed E-state index contributed by atoms with van der Waals surface area (Å²) in [5, 5.41) is 0. The molecule has 0 saturated heterocycles. The van der Waals surface area contributed by atoms with E-state index in [0.717, 1.165) is 0 Å². The van der Waals surface area contributed by atoms with Crippen molar-refractivity contribution in [1.29, 1.82) is 0 Å². The third-order valence-electron chi connectivity index (χ3n) is 0. The van der Waals surface area contributed by atoms with Gasteiger partial charge in [-0.2, -0.15) is 0 Å². The van der Waals surface area contributed by atoms with Gasteiger partial charge < -0.3 is 0 Å². The molecule has 0 atom stereocenters. The van der Waals surface area contributed by atoms with E-state index in [0.29, 0.717) is 0 Å². The molecule has 14 radical (unpaired) electrons. The Balaban J connectivity index is 0. The van der Waals surface area contributed by atoms with Crippen LogP contribution >= 0.6 is 0 Å². The van der Waals surface area contributed by atoms with Crippen molar-refractivity contribution in [1.82, 2.24) is 0 Å². The van der Waals surface area contributed by atoms with Crippen molar-refractivity contribution in [2.75, 3.05) is 0 Å². The van der Waals surface area contributed by atoms with Gasteiger partial charge in [0.2, 0.25) is 0 Å². The standard InChI is InChI=1S/4Al.Sr. The Kier molecular flexibility index (Phi) is 195. The first-order valence-corrected chi connectivity index (χ1v) is 0. The zero-order valence-corrected chi connectivity index (χ0v) is 11.1. The molecular formula is Al4Sr. The van der Waals surface area contributed by atoms with Gasteiger partial charge in [-0.1, -0.05) is 0 Å². The minimum Gasteiger partial charge on any atom is 0 e. The molecule has 0 rings (SSSR count). The van der Waals surface area contributed by atoms with Crippen LogP contribution in [0.3, 0.4) is 0 Å². The Labute approximate surface area is 112 Å². The second-order valence-electron chi connectivity index (χ2n) is 0. The topological polar surface area (TPSA) is 0 Å². The molecule has 0 aromatic rings. The Morgan fingerprint density at radius 2 is 0.400 bits per heavy atom. The molecule has 0 bridgehead atoms. The smallest absolute Gasteiger partial charge is 0 e. The van der Waals surface area contributed by atoms with Crippen LogP contribution in [0.1, 0.15) is 0 Å². The zero-order valence-electron chi connectivity index (χ0n) is 3.02. The maximum Gasteiger partial charge on any atom is 0 e. The van der Waals surface area contributed by atoms with Crippen LogP contribution in [0.5, 0.6) is 0 Å². The SMILES string of the molecule is [Al].[Al].[Al].[Al].[Sr]. The normalized spacial score (nSPS) is 0. The second-order valence-corrected chi connectivity index (χ2v) is 0. The first-order chi connectivity index (χ1) is 0. The predicted octanol–water partition coefficient (Wildman–Crippen LogP) is -1.90. The van der Waals surface area contributed by atoms with Gasteiger partial charge in [-0.05, 0) is 0 Å². The Morgan fingerprint density at radius 1 is 0.400 bits per heavy atom. The van der Waals surface area contributed by atoms with E-state index in [9.17, 15) is 0 Å². The molecule has 0 aliphatic rings. The summed E-state index contributed by atoms with van der Waals surface area (Å²) in [6.07, 6.45) is 0. The number of hydrogen-bond donors (Lipinski definition) is 0. The second kappa shape index (κ2) is 25.5. The minimum absolute atomic E-state index is 0. The molecule has 5 heteroatoms.